The van der Waals surface area contributed by atoms with Crippen molar-refractivity contribution in [3.63, 3.8) is 0 Å². The molecule has 0 fully saturated rings. The second kappa shape index (κ2) is 2.20. The average Bonchev–Trinajstić information content (AvgIpc) is 1.38. The van der Waals surface area contributed by atoms with Gasteiger partial charge in [-0.05, 0) is 0 Å². The zero-order chi connectivity index (χ0) is 4.28. The second-order valence-corrected chi connectivity index (χ2v) is 0.890. The van der Waals surface area contributed by atoms with Crippen LogP contribution in [-0.4, -0.2) is 5.11 Å². The largest absolute Gasteiger partial charge is 0.486 e. The lowest BCUT2D eigenvalue weighted by Crippen LogP contribution is -1.54. The fraction of sp³-hybridized carbons (Fsp3) is 0. The van der Waals surface area contributed by atoms with E-state index >= 15 is 0 Å². The minimum atomic E-state index is -1.20. The molecule has 0 radical (unpaired) electrons. The third-order valence-corrected chi connectivity index (χ3v) is 0.468. The molecule has 0 saturated carbocycles. The van der Waals surface area contributed by atoms with Gasteiger partial charge in [-0.25, -0.2) is 0 Å². The van der Waals surface area contributed by atoms with E-state index in [-0.39, 0.29) is 0 Å². The first-order valence-electron chi connectivity index (χ1n) is 0.919. The zero-order valence-corrected chi connectivity index (χ0v) is 3.87. The molecule has 0 aliphatic carbocycles. The number of halogens is 2. The molecular weight excluding hydrogens is 139 g/mol. The summed E-state index contributed by atoms with van der Waals surface area (Å²) in [5.74, 6) is 0. The Hall–Kier alpha value is -0.0500. The summed E-state index contributed by atoms with van der Waals surface area (Å²) in [5.41, 5.74) is 0. The van der Waals surface area contributed by atoms with Crippen LogP contribution in [-0.2, 0) is 0 Å². The van der Waals surface area contributed by atoms with Gasteiger partial charge in [-0.3, -0.25) is 0 Å². The molecule has 0 aromatic heterocycles. The van der Waals surface area contributed by atoms with Crippen molar-refractivity contribution in [3.8, 4) is 0 Å². The number of rotatable bonds is 0. The third kappa shape index (κ3) is 3.95. The molecular formula is C2H2BrFO. The molecule has 0 rings (SSSR count). The molecule has 5 heavy (non-hydrogen) atoms. The van der Waals surface area contributed by atoms with Crippen LogP contribution in [0.15, 0.2) is 11.0 Å². The quantitative estimate of drug-likeness (QED) is 0.509. The molecule has 0 bridgehead atoms. The Morgan fingerprint density at radius 2 is 2.20 bits per heavy atom. The molecule has 0 atom stereocenters. The first-order valence-corrected chi connectivity index (χ1v) is 1.84. The van der Waals surface area contributed by atoms with Crippen molar-refractivity contribution in [1.29, 1.82) is 0 Å². The van der Waals surface area contributed by atoms with Crippen molar-refractivity contribution >= 4 is 15.9 Å². The smallest absolute Gasteiger partial charge is 0.277 e. The van der Waals surface area contributed by atoms with Gasteiger partial charge in [0, 0.05) is 0 Å². The van der Waals surface area contributed by atoms with Gasteiger partial charge in [0.05, 0.1) is 4.99 Å². The molecule has 30 valence electrons. The molecule has 0 amide bonds. The fourth-order valence-corrected chi connectivity index (χ4v) is 0. The number of aliphatic hydroxyl groups is 1. The van der Waals surface area contributed by atoms with Crippen LogP contribution in [0.25, 0.3) is 0 Å². The molecule has 0 aliphatic heterocycles. The summed E-state index contributed by atoms with van der Waals surface area (Å²) in [5, 5.41) is 7.51. The first-order chi connectivity index (χ1) is 2.27. The van der Waals surface area contributed by atoms with Crippen LogP contribution in [0.3, 0.4) is 0 Å². The van der Waals surface area contributed by atoms with Gasteiger partial charge in [0.25, 0.3) is 6.01 Å². The van der Waals surface area contributed by atoms with Gasteiger partial charge < -0.3 is 5.11 Å². The highest BCUT2D eigenvalue weighted by Gasteiger charge is 1.72. The van der Waals surface area contributed by atoms with Crippen LogP contribution >= 0.6 is 15.9 Å². The molecule has 0 saturated heterocycles. The van der Waals surface area contributed by atoms with Crippen LogP contribution < -0.4 is 0 Å². The highest BCUT2D eigenvalue weighted by molar-refractivity contribution is 9.11. The monoisotopic (exact) mass is 140 g/mol. The highest BCUT2D eigenvalue weighted by Crippen LogP contribution is 1.91. The molecule has 0 unspecified atom stereocenters. The summed E-state index contributed by atoms with van der Waals surface area (Å²) in [6.45, 7) is 0. The van der Waals surface area contributed by atoms with Gasteiger partial charge in [0.15, 0.2) is 0 Å². The summed E-state index contributed by atoms with van der Waals surface area (Å²) < 4.78 is 10.8. The van der Waals surface area contributed by atoms with Gasteiger partial charge in [-0.1, -0.05) is 15.9 Å². The molecule has 0 aromatic rings. The van der Waals surface area contributed by atoms with E-state index in [0.29, 0.717) is 0 Å². The molecule has 0 spiro atoms. The van der Waals surface area contributed by atoms with Crippen molar-refractivity contribution in [2.45, 2.75) is 0 Å². The lowest BCUT2D eigenvalue weighted by molar-refractivity contribution is 0.285. The zero-order valence-electron chi connectivity index (χ0n) is 2.28. The van der Waals surface area contributed by atoms with E-state index in [4.69, 9.17) is 5.11 Å². The summed E-state index contributed by atoms with van der Waals surface area (Å²) in [6, 6.07) is -1.20. The molecule has 1 N–H and O–H groups in total. The number of hydrogen-bond acceptors (Lipinski definition) is 1. The van der Waals surface area contributed by atoms with E-state index < -0.39 is 6.01 Å². The normalized spacial score (nSPS) is 12.0. The molecule has 0 heterocycles. The maximum absolute atomic E-state index is 10.8. The van der Waals surface area contributed by atoms with Crippen molar-refractivity contribution in [3.05, 3.63) is 11.0 Å². The van der Waals surface area contributed by atoms with Crippen molar-refractivity contribution in [2.24, 2.45) is 0 Å². The molecule has 1 nitrogen and oxygen atoms in total. The Morgan fingerprint density at radius 3 is 2.20 bits per heavy atom. The Balaban J connectivity index is 3.14. The predicted octanol–water partition coefficient (Wildman–Crippen LogP) is 1.71. The third-order valence-electron chi connectivity index (χ3n) is 0.0900. The van der Waals surface area contributed by atoms with Crippen LogP contribution in [0.4, 0.5) is 4.39 Å². The van der Waals surface area contributed by atoms with Crippen LogP contribution in [0.2, 0.25) is 0 Å². The minimum Gasteiger partial charge on any atom is -0.486 e. The maximum Gasteiger partial charge on any atom is 0.277 e. The first kappa shape index (κ1) is 4.95. The molecule has 0 aromatic carbocycles. The summed E-state index contributed by atoms with van der Waals surface area (Å²) in [6.07, 6.45) is 0. The predicted molar refractivity (Wildman–Crippen MR) is 20.7 cm³/mol. The Bertz CT molecular complexity index is 47.6. The second-order valence-electron chi connectivity index (χ2n) is 0.432. The summed E-state index contributed by atoms with van der Waals surface area (Å²) in [7, 11) is 0. The Morgan fingerprint density at radius 1 is 2.00 bits per heavy atom. The van der Waals surface area contributed by atoms with E-state index in [2.05, 4.69) is 15.9 Å². The number of hydrogen-bond donors (Lipinski definition) is 1. The fourth-order valence-electron chi connectivity index (χ4n) is 0. The van der Waals surface area contributed by atoms with E-state index in [0.717, 1.165) is 4.99 Å². The van der Waals surface area contributed by atoms with Gasteiger partial charge in [0.1, 0.15) is 0 Å². The maximum atomic E-state index is 10.8. The minimum absolute atomic E-state index is 0.785. The highest BCUT2D eigenvalue weighted by atomic mass is 79.9. The standard InChI is InChI=1S/C2H2BrFO/c3-1-2(4)5/h1,5H. The Kier molecular flexibility index (Phi) is 2.18. The van der Waals surface area contributed by atoms with E-state index in [1.807, 2.05) is 0 Å². The lowest BCUT2D eigenvalue weighted by atomic mass is 11.1. The molecule has 3 heteroatoms. The van der Waals surface area contributed by atoms with Crippen molar-refractivity contribution < 1.29 is 9.50 Å². The Labute approximate surface area is 37.2 Å². The average molecular weight is 141 g/mol. The van der Waals surface area contributed by atoms with Crippen molar-refractivity contribution in [1.82, 2.24) is 0 Å². The van der Waals surface area contributed by atoms with Crippen LogP contribution in [0.5, 0.6) is 0 Å². The van der Waals surface area contributed by atoms with E-state index in [9.17, 15) is 4.39 Å². The van der Waals surface area contributed by atoms with Gasteiger partial charge in [0.2, 0.25) is 0 Å². The summed E-state index contributed by atoms with van der Waals surface area (Å²) >= 11 is 2.53. The SMILES string of the molecule is OC(F)=CBr. The van der Waals surface area contributed by atoms with Crippen molar-refractivity contribution in [2.75, 3.05) is 0 Å². The lowest BCUT2D eigenvalue weighted by Gasteiger charge is -1.67. The summed E-state index contributed by atoms with van der Waals surface area (Å²) in [4.78, 5) is 0.785. The van der Waals surface area contributed by atoms with E-state index in [1.54, 1.807) is 0 Å². The van der Waals surface area contributed by atoms with Gasteiger partial charge >= 0.3 is 0 Å². The van der Waals surface area contributed by atoms with Gasteiger partial charge in [-0.15, -0.1) is 0 Å². The number of aliphatic hydroxyl groups excluding tert-OH is 1. The topological polar surface area (TPSA) is 20.2 Å². The molecule has 0 aliphatic rings. The van der Waals surface area contributed by atoms with E-state index in [1.165, 1.54) is 0 Å². The van der Waals surface area contributed by atoms with Crippen LogP contribution in [0.1, 0.15) is 0 Å². The van der Waals surface area contributed by atoms with Crippen LogP contribution in [0, 0.1) is 0 Å². The van der Waals surface area contributed by atoms with Gasteiger partial charge in [-0.2, -0.15) is 4.39 Å².